The number of hydrogen-bond acceptors (Lipinski definition) is 1. The fourth-order valence-electron chi connectivity index (χ4n) is 3.15. The van der Waals surface area contributed by atoms with Gasteiger partial charge < -0.3 is 5.73 Å². The number of aryl methyl sites for hydroxylation is 1. The summed E-state index contributed by atoms with van der Waals surface area (Å²) in [4.78, 5) is 0. The summed E-state index contributed by atoms with van der Waals surface area (Å²) in [7, 11) is 0. The summed E-state index contributed by atoms with van der Waals surface area (Å²) in [6, 6.07) is 15.5. The van der Waals surface area contributed by atoms with Crippen molar-refractivity contribution in [3.63, 3.8) is 0 Å². The van der Waals surface area contributed by atoms with Crippen LogP contribution in [0.25, 0.3) is 0 Å². The summed E-state index contributed by atoms with van der Waals surface area (Å²) in [6.45, 7) is 0. The van der Waals surface area contributed by atoms with E-state index in [1.54, 1.807) is 0 Å². The fraction of sp³-hybridized carbons (Fsp3) is 0.333. The lowest BCUT2D eigenvalue weighted by molar-refractivity contribution is 0.372. The minimum absolute atomic E-state index is 0.147. The highest BCUT2D eigenvalue weighted by molar-refractivity contribution is 5.30. The average molecular weight is 269 g/mol. The van der Waals surface area contributed by atoms with Gasteiger partial charge in [-0.3, -0.25) is 0 Å². The molecule has 1 nitrogen and oxygen atoms in total. The molecule has 0 amide bonds. The quantitative estimate of drug-likeness (QED) is 0.906. The molecule has 0 heterocycles. The van der Waals surface area contributed by atoms with Crippen molar-refractivity contribution >= 4 is 0 Å². The second-order valence-electron chi connectivity index (χ2n) is 5.77. The van der Waals surface area contributed by atoms with Crippen LogP contribution in [-0.4, -0.2) is 6.04 Å². The van der Waals surface area contributed by atoms with Crippen molar-refractivity contribution in [2.75, 3.05) is 0 Å². The lowest BCUT2D eigenvalue weighted by Gasteiger charge is -2.29. The van der Waals surface area contributed by atoms with Crippen LogP contribution >= 0.6 is 0 Å². The molecular formula is C18H20FN. The van der Waals surface area contributed by atoms with Gasteiger partial charge in [-0.2, -0.15) is 0 Å². The largest absolute Gasteiger partial charge is 0.327 e. The molecule has 0 saturated carbocycles. The number of hydrogen-bond donors (Lipinski definition) is 1. The molecule has 1 aliphatic rings. The van der Waals surface area contributed by atoms with Gasteiger partial charge in [0.25, 0.3) is 0 Å². The standard InChI is InChI=1S/C18H20FN/c19-17-9-5-13(6-10-17)11-18(20)16-8-7-14-3-1-2-4-15(14)12-16/h1-6,9-10,16,18H,7-8,11-12,20H2. The summed E-state index contributed by atoms with van der Waals surface area (Å²) < 4.78 is 12.9. The van der Waals surface area contributed by atoms with E-state index < -0.39 is 0 Å². The van der Waals surface area contributed by atoms with Crippen molar-refractivity contribution in [1.29, 1.82) is 0 Å². The van der Waals surface area contributed by atoms with Gasteiger partial charge in [0.2, 0.25) is 0 Å². The molecule has 0 radical (unpaired) electrons. The summed E-state index contributed by atoms with van der Waals surface area (Å²) in [5.41, 5.74) is 10.4. The molecule has 0 aliphatic heterocycles. The van der Waals surface area contributed by atoms with Crippen LogP contribution < -0.4 is 5.73 Å². The van der Waals surface area contributed by atoms with E-state index in [9.17, 15) is 4.39 Å². The number of halogens is 1. The van der Waals surface area contributed by atoms with Crippen molar-refractivity contribution < 1.29 is 4.39 Å². The Morgan fingerprint density at radius 2 is 1.75 bits per heavy atom. The maximum Gasteiger partial charge on any atom is 0.123 e. The van der Waals surface area contributed by atoms with E-state index in [2.05, 4.69) is 24.3 Å². The van der Waals surface area contributed by atoms with Crippen molar-refractivity contribution in [2.24, 2.45) is 11.7 Å². The van der Waals surface area contributed by atoms with Crippen molar-refractivity contribution in [2.45, 2.75) is 31.7 Å². The minimum atomic E-state index is -0.186. The SMILES string of the molecule is NC(Cc1ccc(F)cc1)C1CCc2ccccc2C1. The summed E-state index contributed by atoms with van der Waals surface area (Å²) in [5.74, 6) is 0.337. The topological polar surface area (TPSA) is 26.0 Å². The van der Waals surface area contributed by atoms with Gasteiger partial charge in [-0.05, 0) is 60.4 Å². The van der Waals surface area contributed by atoms with Crippen LogP contribution in [0.2, 0.25) is 0 Å². The van der Waals surface area contributed by atoms with E-state index in [0.717, 1.165) is 31.2 Å². The minimum Gasteiger partial charge on any atom is -0.327 e. The molecule has 0 fully saturated rings. The van der Waals surface area contributed by atoms with E-state index >= 15 is 0 Å². The zero-order chi connectivity index (χ0) is 13.9. The number of rotatable bonds is 3. The zero-order valence-electron chi connectivity index (χ0n) is 11.6. The third-order valence-electron chi connectivity index (χ3n) is 4.38. The lowest BCUT2D eigenvalue weighted by atomic mass is 9.79. The molecule has 20 heavy (non-hydrogen) atoms. The first-order chi connectivity index (χ1) is 9.72. The Morgan fingerprint density at radius 3 is 2.50 bits per heavy atom. The molecule has 2 aromatic rings. The maximum absolute atomic E-state index is 12.9. The Balaban J connectivity index is 1.67. The third kappa shape index (κ3) is 2.91. The molecule has 2 atom stereocenters. The predicted octanol–water partition coefficient (Wildman–Crippen LogP) is 3.50. The molecule has 3 rings (SSSR count). The van der Waals surface area contributed by atoms with E-state index in [-0.39, 0.29) is 11.9 Å². The van der Waals surface area contributed by atoms with Gasteiger partial charge in [-0.1, -0.05) is 36.4 Å². The average Bonchev–Trinajstić information content (AvgIpc) is 2.49. The van der Waals surface area contributed by atoms with Crippen molar-refractivity contribution in [3.05, 3.63) is 71.0 Å². The first kappa shape index (κ1) is 13.3. The maximum atomic E-state index is 12.9. The van der Waals surface area contributed by atoms with E-state index in [0.29, 0.717) is 5.92 Å². The van der Waals surface area contributed by atoms with E-state index in [4.69, 9.17) is 5.73 Å². The van der Waals surface area contributed by atoms with Gasteiger partial charge >= 0.3 is 0 Å². The molecule has 2 heteroatoms. The molecule has 2 aromatic carbocycles. The zero-order valence-corrected chi connectivity index (χ0v) is 11.6. The number of fused-ring (bicyclic) bond motifs is 1. The molecule has 0 bridgehead atoms. The smallest absolute Gasteiger partial charge is 0.123 e. The first-order valence-electron chi connectivity index (χ1n) is 7.29. The third-order valence-corrected chi connectivity index (χ3v) is 4.38. The highest BCUT2D eigenvalue weighted by atomic mass is 19.1. The van der Waals surface area contributed by atoms with E-state index in [1.807, 2.05) is 12.1 Å². The summed E-state index contributed by atoms with van der Waals surface area (Å²) in [6.07, 6.45) is 4.17. The van der Waals surface area contributed by atoms with Crippen LogP contribution in [0.15, 0.2) is 48.5 Å². The monoisotopic (exact) mass is 269 g/mol. The Morgan fingerprint density at radius 1 is 1.05 bits per heavy atom. The normalized spacial score (nSPS) is 19.4. The highest BCUT2D eigenvalue weighted by Gasteiger charge is 2.23. The Bertz CT molecular complexity index is 576. The second-order valence-corrected chi connectivity index (χ2v) is 5.77. The van der Waals surface area contributed by atoms with Gasteiger partial charge in [-0.25, -0.2) is 4.39 Å². The molecule has 104 valence electrons. The van der Waals surface area contributed by atoms with Crippen molar-refractivity contribution in [1.82, 2.24) is 0 Å². The van der Waals surface area contributed by atoms with Crippen LogP contribution in [0, 0.1) is 11.7 Å². The van der Waals surface area contributed by atoms with Crippen LogP contribution in [-0.2, 0) is 19.3 Å². The summed E-state index contributed by atoms with van der Waals surface area (Å²) in [5, 5.41) is 0. The first-order valence-corrected chi connectivity index (χ1v) is 7.29. The van der Waals surface area contributed by atoms with Gasteiger partial charge in [0.1, 0.15) is 5.82 Å². The predicted molar refractivity (Wildman–Crippen MR) is 80.0 cm³/mol. The molecule has 2 N–H and O–H groups in total. The number of nitrogens with two attached hydrogens (primary N) is 1. The lowest BCUT2D eigenvalue weighted by Crippen LogP contribution is -2.35. The fourth-order valence-corrected chi connectivity index (χ4v) is 3.15. The van der Waals surface area contributed by atoms with Gasteiger partial charge in [-0.15, -0.1) is 0 Å². The van der Waals surface area contributed by atoms with E-state index in [1.165, 1.54) is 23.3 Å². The second kappa shape index (κ2) is 5.76. The molecule has 0 spiro atoms. The summed E-state index contributed by atoms with van der Waals surface area (Å²) >= 11 is 0. The highest BCUT2D eigenvalue weighted by Crippen LogP contribution is 2.28. The van der Waals surface area contributed by atoms with Gasteiger partial charge in [0.05, 0.1) is 0 Å². The van der Waals surface area contributed by atoms with Gasteiger partial charge in [0, 0.05) is 6.04 Å². The van der Waals surface area contributed by atoms with Crippen LogP contribution in [0.4, 0.5) is 4.39 Å². The molecule has 2 unspecified atom stereocenters. The van der Waals surface area contributed by atoms with Crippen molar-refractivity contribution in [3.8, 4) is 0 Å². The van der Waals surface area contributed by atoms with Gasteiger partial charge in [0.15, 0.2) is 0 Å². The molecule has 1 aliphatic carbocycles. The Labute approximate surface area is 119 Å². The molecular weight excluding hydrogens is 249 g/mol. The van der Waals surface area contributed by atoms with Crippen LogP contribution in [0.5, 0.6) is 0 Å². The van der Waals surface area contributed by atoms with Crippen LogP contribution in [0.1, 0.15) is 23.1 Å². The number of benzene rings is 2. The Kier molecular flexibility index (Phi) is 3.83. The molecule has 0 saturated heterocycles. The Hall–Kier alpha value is -1.67. The molecule has 0 aromatic heterocycles. The van der Waals surface area contributed by atoms with Crippen LogP contribution in [0.3, 0.4) is 0 Å².